The van der Waals surface area contributed by atoms with E-state index < -0.39 is 5.97 Å². The fraction of sp³-hybridized carbons (Fsp3) is 0.950. The Morgan fingerprint density at radius 1 is 1.17 bits per heavy atom. The average molecular weight is 344 g/mol. The maximum Gasteiger partial charge on any atom is 0.303 e. The molecular formula is C20H41NO3. The van der Waals surface area contributed by atoms with Crippen molar-refractivity contribution in [2.75, 3.05) is 6.61 Å². The Balaban J connectivity index is 0.000000754. The number of likely N-dealkylation sites (tertiary alicyclic amines) is 1. The van der Waals surface area contributed by atoms with Crippen LogP contribution in [0.2, 0.25) is 0 Å². The van der Waals surface area contributed by atoms with Crippen molar-refractivity contribution in [1.82, 2.24) is 4.90 Å². The molecule has 1 atom stereocenters. The van der Waals surface area contributed by atoms with Crippen LogP contribution in [0.25, 0.3) is 0 Å². The van der Waals surface area contributed by atoms with Crippen molar-refractivity contribution in [1.29, 1.82) is 0 Å². The van der Waals surface area contributed by atoms with Gasteiger partial charge in [0.05, 0.1) is 0 Å². The topological polar surface area (TPSA) is 49.8 Å². The van der Waals surface area contributed by atoms with Gasteiger partial charge in [-0.15, -0.1) is 0 Å². The lowest BCUT2D eigenvalue weighted by Gasteiger charge is -2.57. The summed E-state index contributed by atoms with van der Waals surface area (Å²) >= 11 is 0. The summed E-state index contributed by atoms with van der Waals surface area (Å²) in [6.07, 6.45) is 6.13. The lowest BCUT2D eigenvalue weighted by molar-refractivity contribution is -0.165. The summed E-state index contributed by atoms with van der Waals surface area (Å²) in [5, 5.41) is 7.91. The molecule has 0 amide bonds. The van der Waals surface area contributed by atoms with Crippen LogP contribution in [0.4, 0.5) is 0 Å². The number of nitrogens with zero attached hydrogens (tertiary/aromatic N) is 1. The van der Waals surface area contributed by atoms with E-state index in [-0.39, 0.29) is 17.3 Å². The Kier molecular flexibility index (Phi) is 10.1. The number of aliphatic carboxylic acids is 1. The molecule has 0 aromatic heterocycles. The second-order valence-electron chi connectivity index (χ2n) is 8.48. The normalized spacial score (nSPS) is 21.7. The molecule has 0 spiro atoms. The van der Waals surface area contributed by atoms with Gasteiger partial charge in [-0.25, -0.2) is 0 Å². The van der Waals surface area contributed by atoms with Crippen molar-refractivity contribution in [3.05, 3.63) is 0 Å². The monoisotopic (exact) mass is 343 g/mol. The van der Waals surface area contributed by atoms with E-state index in [0.717, 1.165) is 25.4 Å². The highest BCUT2D eigenvalue weighted by Gasteiger charge is 2.46. The quantitative estimate of drug-likeness (QED) is 0.636. The van der Waals surface area contributed by atoms with Crippen LogP contribution in [0.15, 0.2) is 0 Å². The van der Waals surface area contributed by atoms with Crippen LogP contribution in [-0.4, -0.2) is 39.9 Å². The number of unbranched alkanes of at least 4 members (excludes halogenated alkanes) is 1. The molecule has 0 saturated carbocycles. The number of carbonyl (C=O) groups is 1. The molecule has 4 nitrogen and oxygen atoms in total. The van der Waals surface area contributed by atoms with Gasteiger partial charge in [-0.1, -0.05) is 27.2 Å². The van der Waals surface area contributed by atoms with Crippen molar-refractivity contribution >= 4 is 5.97 Å². The fourth-order valence-corrected chi connectivity index (χ4v) is 4.46. The van der Waals surface area contributed by atoms with Crippen LogP contribution in [0.5, 0.6) is 0 Å². The maximum absolute atomic E-state index is 9.60. The third kappa shape index (κ3) is 7.98. The number of hydrogen-bond donors (Lipinski definition) is 1. The summed E-state index contributed by atoms with van der Waals surface area (Å²) in [7, 11) is 0. The molecule has 1 rings (SSSR count). The van der Waals surface area contributed by atoms with Gasteiger partial charge in [0, 0.05) is 24.1 Å². The molecule has 0 radical (unpaired) electrons. The van der Waals surface area contributed by atoms with Crippen molar-refractivity contribution < 1.29 is 14.6 Å². The molecular weight excluding hydrogens is 302 g/mol. The van der Waals surface area contributed by atoms with Gasteiger partial charge in [0.25, 0.3) is 0 Å². The average Bonchev–Trinajstić information content (AvgIpc) is 2.35. The summed E-state index contributed by atoms with van der Waals surface area (Å²) in [6.45, 7) is 19.0. The van der Waals surface area contributed by atoms with Gasteiger partial charge in [-0.3, -0.25) is 9.69 Å². The number of hydrogen-bond acceptors (Lipinski definition) is 3. The zero-order valence-corrected chi connectivity index (χ0v) is 17.3. The third-order valence-electron chi connectivity index (χ3n) is 4.68. The second kappa shape index (κ2) is 10.4. The van der Waals surface area contributed by atoms with E-state index in [2.05, 4.69) is 53.4 Å². The first-order valence-electron chi connectivity index (χ1n) is 9.60. The van der Waals surface area contributed by atoms with Crippen molar-refractivity contribution in [2.45, 2.75) is 111 Å². The molecule has 0 aromatic rings. The SMILES string of the molecule is CCCC(=O)O.CCCCOC(C)N1C(C)(C)CC(C)CC1(C)C. The third-order valence-corrected chi connectivity index (χ3v) is 4.68. The van der Waals surface area contributed by atoms with E-state index in [1.165, 1.54) is 19.3 Å². The lowest BCUT2D eigenvalue weighted by Crippen LogP contribution is -2.63. The van der Waals surface area contributed by atoms with E-state index in [1.807, 2.05) is 6.92 Å². The molecule has 0 aliphatic carbocycles. The van der Waals surface area contributed by atoms with E-state index in [1.54, 1.807) is 0 Å². The standard InChI is InChI=1S/C16H33NO.C4H8O2/c1-8-9-10-18-14(3)17-15(4,5)11-13(2)12-16(17,6)7;1-2-3-4(5)6/h13-14H,8-12H2,1-7H3;2-3H2,1H3,(H,5,6). The highest BCUT2D eigenvalue weighted by atomic mass is 16.5. The van der Waals surface area contributed by atoms with Crippen LogP contribution >= 0.6 is 0 Å². The first kappa shape index (κ1) is 23.4. The minimum Gasteiger partial charge on any atom is -0.481 e. The number of carboxylic acid groups (broad SMARTS) is 1. The first-order valence-corrected chi connectivity index (χ1v) is 9.60. The molecule has 4 heteroatoms. The molecule has 1 saturated heterocycles. The lowest BCUT2D eigenvalue weighted by atomic mass is 9.74. The number of rotatable bonds is 7. The number of carboxylic acids is 1. The second-order valence-corrected chi connectivity index (χ2v) is 8.48. The van der Waals surface area contributed by atoms with Gasteiger partial charge in [-0.05, 0) is 66.2 Å². The maximum atomic E-state index is 9.60. The Hall–Kier alpha value is -0.610. The molecule has 1 N–H and O–H groups in total. The smallest absolute Gasteiger partial charge is 0.303 e. The molecule has 1 fully saturated rings. The van der Waals surface area contributed by atoms with Gasteiger partial charge in [0.1, 0.15) is 6.23 Å². The molecule has 0 bridgehead atoms. The highest BCUT2D eigenvalue weighted by molar-refractivity contribution is 5.66. The van der Waals surface area contributed by atoms with E-state index in [0.29, 0.717) is 6.42 Å². The van der Waals surface area contributed by atoms with Gasteiger partial charge in [0.2, 0.25) is 0 Å². The van der Waals surface area contributed by atoms with Crippen molar-refractivity contribution in [2.24, 2.45) is 5.92 Å². The van der Waals surface area contributed by atoms with E-state index in [4.69, 9.17) is 9.84 Å². The van der Waals surface area contributed by atoms with Crippen LogP contribution < -0.4 is 0 Å². The molecule has 0 aromatic carbocycles. The Bertz CT molecular complexity index is 348. The summed E-state index contributed by atoms with van der Waals surface area (Å²) in [4.78, 5) is 12.2. The van der Waals surface area contributed by atoms with Crippen LogP contribution in [0.1, 0.15) is 93.9 Å². The minimum absolute atomic E-state index is 0.217. The summed E-state index contributed by atoms with van der Waals surface area (Å²) in [5.41, 5.74) is 0.458. The van der Waals surface area contributed by atoms with E-state index in [9.17, 15) is 4.79 Å². The largest absolute Gasteiger partial charge is 0.481 e. The molecule has 1 unspecified atom stereocenters. The summed E-state index contributed by atoms with van der Waals surface area (Å²) in [5.74, 6) is 0.0894. The van der Waals surface area contributed by atoms with Gasteiger partial charge < -0.3 is 9.84 Å². The predicted octanol–water partition coefficient (Wildman–Crippen LogP) is 5.31. The van der Waals surface area contributed by atoms with Crippen LogP contribution in [0.3, 0.4) is 0 Å². The van der Waals surface area contributed by atoms with Gasteiger partial charge in [0.15, 0.2) is 0 Å². The zero-order chi connectivity index (χ0) is 19.0. The van der Waals surface area contributed by atoms with E-state index >= 15 is 0 Å². The molecule has 1 aliphatic heterocycles. The first-order chi connectivity index (χ1) is 11.0. The number of ether oxygens (including phenoxy) is 1. The van der Waals surface area contributed by atoms with Crippen molar-refractivity contribution in [3.8, 4) is 0 Å². The Morgan fingerprint density at radius 3 is 2.00 bits per heavy atom. The highest BCUT2D eigenvalue weighted by Crippen LogP contribution is 2.42. The molecule has 1 heterocycles. The zero-order valence-electron chi connectivity index (χ0n) is 17.3. The van der Waals surface area contributed by atoms with Gasteiger partial charge >= 0.3 is 5.97 Å². The van der Waals surface area contributed by atoms with Gasteiger partial charge in [-0.2, -0.15) is 0 Å². The van der Waals surface area contributed by atoms with Crippen LogP contribution in [-0.2, 0) is 9.53 Å². The van der Waals surface area contributed by atoms with Crippen LogP contribution in [0, 0.1) is 5.92 Å². The minimum atomic E-state index is -0.711. The summed E-state index contributed by atoms with van der Waals surface area (Å²) in [6, 6.07) is 0. The predicted molar refractivity (Wildman–Crippen MR) is 101 cm³/mol. The fourth-order valence-electron chi connectivity index (χ4n) is 4.46. The molecule has 144 valence electrons. The number of piperidine rings is 1. The summed E-state index contributed by atoms with van der Waals surface area (Å²) < 4.78 is 6.05. The van der Waals surface area contributed by atoms with Crippen molar-refractivity contribution in [3.63, 3.8) is 0 Å². The Morgan fingerprint density at radius 2 is 1.67 bits per heavy atom. The molecule has 24 heavy (non-hydrogen) atoms. The Labute approximate surface area is 150 Å². The molecule has 1 aliphatic rings.